The zero-order valence-electron chi connectivity index (χ0n) is 11.3. The van der Waals surface area contributed by atoms with Crippen molar-refractivity contribution < 1.29 is 19.4 Å². The van der Waals surface area contributed by atoms with Gasteiger partial charge in [-0.05, 0) is 25.2 Å². The molecular formula is C13H23NO4. The van der Waals surface area contributed by atoms with Crippen molar-refractivity contribution in [3.05, 3.63) is 12.7 Å². The molecule has 0 spiro atoms. The highest BCUT2D eigenvalue weighted by molar-refractivity contribution is 5.86. The number of methoxy groups -OCH3 is 1. The van der Waals surface area contributed by atoms with E-state index in [1.165, 1.54) is 7.11 Å². The molecule has 0 aromatic rings. The van der Waals surface area contributed by atoms with Crippen LogP contribution in [0.1, 0.15) is 33.1 Å². The zero-order valence-corrected chi connectivity index (χ0v) is 11.3. The summed E-state index contributed by atoms with van der Waals surface area (Å²) in [6, 6.07) is -0.734. The molecule has 5 nitrogen and oxygen atoms in total. The van der Waals surface area contributed by atoms with Crippen molar-refractivity contribution in [3.8, 4) is 0 Å². The maximum Gasteiger partial charge on any atom is 0.328 e. The highest BCUT2D eigenvalue weighted by Crippen LogP contribution is 2.06. The quantitative estimate of drug-likeness (QED) is 0.503. The summed E-state index contributed by atoms with van der Waals surface area (Å²) >= 11 is 0. The first-order chi connectivity index (χ1) is 8.42. The van der Waals surface area contributed by atoms with Gasteiger partial charge >= 0.3 is 5.97 Å². The van der Waals surface area contributed by atoms with Gasteiger partial charge in [-0.1, -0.05) is 19.9 Å². The van der Waals surface area contributed by atoms with Crippen molar-refractivity contribution in [2.75, 3.05) is 7.11 Å². The van der Waals surface area contributed by atoms with E-state index >= 15 is 0 Å². The summed E-state index contributed by atoms with van der Waals surface area (Å²) in [5.41, 5.74) is 0. The summed E-state index contributed by atoms with van der Waals surface area (Å²) in [6.07, 6.45) is 1.92. The molecule has 5 heteroatoms. The number of aliphatic hydroxyl groups is 1. The molecule has 0 aromatic heterocycles. The highest BCUT2D eigenvalue weighted by Gasteiger charge is 2.24. The first kappa shape index (κ1) is 16.6. The number of carbonyl (C=O) groups excluding carboxylic acids is 2. The average molecular weight is 257 g/mol. The van der Waals surface area contributed by atoms with E-state index in [1.54, 1.807) is 6.08 Å². The van der Waals surface area contributed by atoms with E-state index in [0.29, 0.717) is 19.3 Å². The molecule has 0 aliphatic heterocycles. The lowest BCUT2D eigenvalue weighted by Crippen LogP contribution is -2.46. The van der Waals surface area contributed by atoms with Gasteiger partial charge in [-0.3, -0.25) is 4.79 Å². The van der Waals surface area contributed by atoms with Crippen molar-refractivity contribution in [2.45, 2.75) is 45.3 Å². The molecule has 18 heavy (non-hydrogen) atoms. The fraction of sp³-hybridized carbons (Fsp3) is 0.692. The number of amides is 1. The molecule has 0 heterocycles. The summed E-state index contributed by atoms with van der Waals surface area (Å²) in [7, 11) is 1.26. The predicted molar refractivity (Wildman–Crippen MR) is 68.8 cm³/mol. The van der Waals surface area contributed by atoms with Gasteiger partial charge in [0.1, 0.15) is 12.1 Å². The molecule has 0 saturated heterocycles. The lowest BCUT2D eigenvalue weighted by Gasteiger charge is -2.19. The van der Waals surface area contributed by atoms with Gasteiger partial charge in [0.25, 0.3) is 0 Å². The molecular weight excluding hydrogens is 234 g/mol. The van der Waals surface area contributed by atoms with Gasteiger partial charge in [-0.25, -0.2) is 4.79 Å². The van der Waals surface area contributed by atoms with Gasteiger partial charge in [0.15, 0.2) is 0 Å². The van der Waals surface area contributed by atoms with Gasteiger partial charge in [0.2, 0.25) is 5.91 Å². The van der Waals surface area contributed by atoms with Crippen LogP contribution in [0, 0.1) is 5.92 Å². The molecule has 0 fully saturated rings. The van der Waals surface area contributed by atoms with Gasteiger partial charge in [-0.15, -0.1) is 6.58 Å². The van der Waals surface area contributed by atoms with Crippen LogP contribution in [-0.2, 0) is 14.3 Å². The lowest BCUT2D eigenvalue weighted by atomic mass is 10.0. The zero-order chi connectivity index (χ0) is 14.1. The minimum absolute atomic E-state index is 0.204. The standard InChI is InChI=1S/C13H23NO4/c1-5-6-7-10(13(17)18-4)14-12(16)11(15)8-9(2)3/h5,9-11,15H,1,6-8H2,2-4H3,(H,14,16)/t10-,11+/m0/s1. The number of nitrogens with one attached hydrogen (secondary N) is 1. The number of esters is 1. The van der Waals surface area contributed by atoms with Crippen molar-refractivity contribution in [1.82, 2.24) is 5.32 Å². The second kappa shape index (κ2) is 8.69. The SMILES string of the molecule is C=CCC[C@H](NC(=O)[C@H](O)CC(C)C)C(=O)OC. The number of hydrogen-bond acceptors (Lipinski definition) is 4. The summed E-state index contributed by atoms with van der Waals surface area (Å²) < 4.78 is 4.60. The Morgan fingerprint density at radius 1 is 1.44 bits per heavy atom. The average Bonchev–Trinajstić information content (AvgIpc) is 2.32. The molecule has 0 aliphatic carbocycles. The summed E-state index contributed by atoms with van der Waals surface area (Å²) in [4.78, 5) is 23.1. The van der Waals surface area contributed by atoms with Crippen LogP contribution in [0.25, 0.3) is 0 Å². The number of hydrogen-bond donors (Lipinski definition) is 2. The van der Waals surface area contributed by atoms with E-state index < -0.39 is 24.0 Å². The molecule has 0 bridgehead atoms. The van der Waals surface area contributed by atoms with Crippen LogP contribution < -0.4 is 5.32 Å². The summed E-state index contributed by atoms with van der Waals surface area (Å²) in [5.74, 6) is -0.847. The van der Waals surface area contributed by atoms with Gasteiger partial charge in [-0.2, -0.15) is 0 Å². The van der Waals surface area contributed by atoms with Crippen LogP contribution in [0.2, 0.25) is 0 Å². The summed E-state index contributed by atoms with van der Waals surface area (Å²) in [6.45, 7) is 7.37. The second-order valence-electron chi connectivity index (χ2n) is 4.60. The Kier molecular flexibility index (Phi) is 8.03. The number of rotatable bonds is 8. The van der Waals surface area contributed by atoms with Crippen LogP contribution in [0.4, 0.5) is 0 Å². The first-order valence-electron chi connectivity index (χ1n) is 6.09. The topological polar surface area (TPSA) is 75.6 Å². The fourth-order valence-corrected chi connectivity index (χ4v) is 1.50. The van der Waals surface area contributed by atoms with Crippen molar-refractivity contribution in [1.29, 1.82) is 0 Å². The van der Waals surface area contributed by atoms with Crippen molar-refractivity contribution in [3.63, 3.8) is 0 Å². The van der Waals surface area contributed by atoms with Gasteiger partial charge in [0.05, 0.1) is 7.11 Å². The number of carbonyl (C=O) groups is 2. The number of allylic oxidation sites excluding steroid dienone is 1. The maximum atomic E-state index is 11.7. The normalized spacial score (nSPS) is 13.8. The van der Waals surface area contributed by atoms with E-state index in [-0.39, 0.29) is 5.92 Å². The van der Waals surface area contributed by atoms with Crippen LogP contribution in [0.15, 0.2) is 12.7 Å². The first-order valence-corrected chi connectivity index (χ1v) is 6.09. The predicted octanol–water partition coefficient (Wildman–Crippen LogP) is 1.02. The molecule has 2 atom stereocenters. The molecule has 0 aliphatic rings. The van der Waals surface area contributed by atoms with E-state index in [1.807, 2.05) is 13.8 Å². The Bertz CT molecular complexity index is 289. The Morgan fingerprint density at radius 3 is 2.50 bits per heavy atom. The maximum absolute atomic E-state index is 11.7. The van der Waals surface area contributed by atoms with Crippen LogP contribution in [0.3, 0.4) is 0 Å². The van der Waals surface area contributed by atoms with Gasteiger partial charge in [0, 0.05) is 0 Å². The molecule has 0 radical (unpaired) electrons. The Labute approximate surface area is 108 Å². The molecule has 0 aromatic carbocycles. The molecule has 104 valence electrons. The lowest BCUT2D eigenvalue weighted by molar-refractivity contribution is -0.146. The Morgan fingerprint density at radius 2 is 2.06 bits per heavy atom. The summed E-state index contributed by atoms with van der Waals surface area (Å²) in [5, 5.41) is 12.1. The van der Waals surface area contributed by atoms with E-state index in [9.17, 15) is 14.7 Å². The van der Waals surface area contributed by atoms with Crippen molar-refractivity contribution >= 4 is 11.9 Å². The third-order valence-corrected chi connectivity index (χ3v) is 2.46. The largest absolute Gasteiger partial charge is 0.467 e. The highest BCUT2D eigenvalue weighted by atomic mass is 16.5. The van der Waals surface area contributed by atoms with Crippen molar-refractivity contribution in [2.24, 2.45) is 5.92 Å². The Balaban J connectivity index is 4.41. The fourth-order valence-electron chi connectivity index (χ4n) is 1.50. The van der Waals surface area contributed by atoms with Crippen LogP contribution in [0.5, 0.6) is 0 Å². The third-order valence-electron chi connectivity index (χ3n) is 2.46. The molecule has 0 rings (SSSR count). The minimum Gasteiger partial charge on any atom is -0.467 e. The van der Waals surface area contributed by atoms with Crippen LogP contribution in [-0.4, -0.2) is 36.2 Å². The number of ether oxygens (including phenoxy) is 1. The molecule has 2 N–H and O–H groups in total. The molecule has 1 amide bonds. The third kappa shape index (κ3) is 6.39. The van der Waals surface area contributed by atoms with Crippen LogP contribution >= 0.6 is 0 Å². The number of aliphatic hydroxyl groups excluding tert-OH is 1. The minimum atomic E-state index is -1.10. The monoisotopic (exact) mass is 257 g/mol. The van der Waals surface area contributed by atoms with E-state index in [2.05, 4.69) is 16.6 Å². The second-order valence-corrected chi connectivity index (χ2v) is 4.60. The molecule has 0 saturated carbocycles. The van der Waals surface area contributed by atoms with E-state index in [0.717, 1.165) is 0 Å². The smallest absolute Gasteiger partial charge is 0.328 e. The Hall–Kier alpha value is -1.36. The molecule has 0 unspecified atom stereocenters. The van der Waals surface area contributed by atoms with Gasteiger partial charge < -0.3 is 15.2 Å². The van der Waals surface area contributed by atoms with E-state index in [4.69, 9.17) is 0 Å².